The zero-order valence-electron chi connectivity index (χ0n) is 17.5. The predicted octanol–water partition coefficient (Wildman–Crippen LogP) is 3.52. The average molecular weight is 435 g/mol. The van der Waals surface area contributed by atoms with E-state index in [2.05, 4.69) is 10.0 Å². The van der Waals surface area contributed by atoms with Gasteiger partial charge < -0.3 is 28.0 Å². The largest absolute Gasteiger partial charge is 0.465 e. The van der Waals surface area contributed by atoms with Gasteiger partial charge in [0, 0.05) is 11.3 Å². The van der Waals surface area contributed by atoms with Gasteiger partial charge in [-0.2, -0.15) is 0 Å². The first-order chi connectivity index (χ1) is 13.7. The molecule has 0 N–H and O–H groups in total. The van der Waals surface area contributed by atoms with E-state index in [1.165, 1.54) is 0 Å². The van der Waals surface area contributed by atoms with Gasteiger partial charge in [-0.05, 0) is 39.6 Å². The van der Waals surface area contributed by atoms with Crippen LogP contribution < -0.4 is 0 Å². The molecular weight excluding hydrogens is 405 g/mol. The van der Waals surface area contributed by atoms with Crippen LogP contribution in [0.3, 0.4) is 0 Å². The molecule has 11 nitrogen and oxygen atoms in total. The second kappa shape index (κ2) is 10.2. The molecule has 0 aliphatic carbocycles. The standard InChI is InChI=1S/C17H30N3O8P/c1-6-13(21)23-10-11(29(22,24-7-2)25-8-3)9-12-14(19-20-18)15-16(26-12)28-17(4,5)27-15/h11-12,14-16H,6-10H2,1-5H3/t11?,12-,14-,15-,16?/m1/s1. The number of carbonyl (C=O) groups excluding carboxylic acids is 1. The summed E-state index contributed by atoms with van der Waals surface area (Å²) in [5.74, 6) is -1.30. The highest BCUT2D eigenvalue weighted by Gasteiger charge is 2.55. The molecule has 2 aliphatic rings. The topological polar surface area (TPSA) is 138 Å². The Kier molecular flexibility index (Phi) is 8.48. The molecule has 0 bridgehead atoms. The molecule has 166 valence electrons. The number of hydrogen-bond acceptors (Lipinski definition) is 9. The molecule has 2 heterocycles. The van der Waals surface area contributed by atoms with Crippen molar-refractivity contribution >= 4 is 13.6 Å². The maximum absolute atomic E-state index is 13.4. The molecule has 2 fully saturated rings. The molecule has 0 aromatic carbocycles. The molecule has 0 aromatic heterocycles. The predicted molar refractivity (Wildman–Crippen MR) is 102 cm³/mol. The van der Waals surface area contributed by atoms with Crippen molar-refractivity contribution in [3.8, 4) is 0 Å². The molecule has 2 saturated heterocycles. The van der Waals surface area contributed by atoms with Gasteiger partial charge in [-0.1, -0.05) is 12.0 Å². The van der Waals surface area contributed by atoms with Crippen LogP contribution in [0.15, 0.2) is 5.11 Å². The van der Waals surface area contributed by atoms with Crippen LogP contribution in [0.4, 0.5) is 0 Å². The summed E-state index contributed by atoms with van der Waals surface area (Å²) >= 11 is 0. The normalized spacial score (nSPS) is 29.1. The van der Waals surface area contributed by atoms with Crippen LogP contribution in [0, 0.1) is 0 Å². The van der Waals surface area contributed by atoms with Crippen LogP contribution in [-0.2, 0) is 37.4 Å². The highest BCUT2D eigenvalue weighted by molar-refractivity contribution is 7.54. The Balaban J connectivity index is 2.23. The van der Waals surface area contributed by atoms with Crippen molar-refractivity contribution < 1.29 is 37.4 Å². The summed E-state index contributed by atoms with van der Waals surface area (Å²) in [7, 11) is -3.62. The summed E-state index contributed by atoms with van der Waals surface area (Å²) in [5, 5.41) is 3.82. The summed E-state index contributed by atoms with van der Waals surface area (Å²) in [6.07, 6.45) is -1.69. The van der Waals surface area contributed by atoms with E-state index in [1.807, 2.05) is 0 Å². The minimum Gasteiger partial charge on any atom is -0.465 e. The van der Waals surface area contributed by atoms with Crippen LogP contribution in [-0.4, -0.2) is 61.8 Å². The monoisotopic (exact) mass is 435 g/mol. The first kappa shape index (κ1) is 24.1. The Morgan fingerprint density at radius 3 is 2.45 bits per heavy atom. The fourth-order valence-electron chi connectivity index (χ4n) is 3.41. The molecule has 2 unspecified atom stereocenters. The molecule has 2 aliphatic heterocycles. The molecule has 29 heavy (non-hydrogen) atoms. The van der Waals surface area contributed by atoms with Crippen LogP contribution in [0.1, 0.15) is 47.5 Å². The number of ether oxygens (including phenoxy) is 4. The zero-order valence-corrected chi connectivity index (χ0v) is 18.4. The van der Waals surface area contributed by atoms with E-state index in [-0.39, 0.29) is 32.7 Å². The summed E-state index contributed by atoms with van der Waals surface area (Å²) in [6.45, 7) is 8.68. The third kappa shape index (κ3) is 5.92. The molecule has 0 amide bonds. The maximum Gasteiger partial charge on any atom is 0.337 e. The Morgan fingerprint density at radius 1 is 1.24 bits per heavy atom. The first-order valence-corrected chi connectivity index (χ1v) is 11.4. The minimum atomic E-state index is -3.62. The summed E-state index contributed by atoms with van der Waals surface area (Å²) < 4.78 is 46.9. The number of azide groups is 1. The molecule has 12 heteroatoms. The summed E-state index contributed by atoms with van der Waals surface area (Å²) in [4.78, 5) is 14.6. The number of nitrogens with zero attached hydrogens (tertiary/aromatic N) is 3. The van der Waals surface area contributed by atoms with Crippen LogP contribution in [0.2, 0.25) is 0 Å². The van der Waals surface area contributed by atoms with E-state index < -0.39 is 49.6 Å². The average Bonchev–Trinajstić information content (AvgIpc) is 3.11. The van der Waals surface area contributed by atoms with Gasteiger partial charge in [-0.25, -0.2) is 0 Å². The van der Waals surface area contributed by atoms with Crippen LogP contribution in [0.25, 0.3) is 10.4 Å². The molecule has 0 saturated carbocycles. The van der Waals surface area contributed by atoms with Gasteiger partial charge in [0.2, 0.25) is 0 Å². The van der Waals surface area contributed by atoms with Crippen molar-refractivity contribution in [1.29, 1.82) is 0 Å². The third-order valence-electron chi connectivity index (χ3n) is 4.59. The lowest BCUT2D eigenvalue weighted by Gasteiger charge is -2.30. The van der Waals surface area contributed by atoms with E-state index in [0.717, 1.165) is 0 Å². The van der Waals surface area contributed by atoms with E-state index in [4.69, 9.17) is 33.5 Å². The highest BCUT2D eigenvalue weighted by atomic mass is 31.2. The lowest BCUT2D eigenvalue weighted by Crippen LogP contribution is -2.36. The SMILES string of the molecule is CCOP(=O)(OCC)C(COC(=O)CC)C[C@H]1OC2OC(C)(C)O[C@@H]2[C@@H]1N=[N+]=[N-]. The lowest BCUT2D eigenvalue weighted by molar-refractivity contribution is -0.207. The van der Waals surface area contributed by atoms with Crippen molar-refractivity contribution in [3.63, 3.8) is 0 Å². The molecule has 5 atom stereocenters. The number of fused-ring (bicyclic) bond motifs is 1. The molecular formula is C17H30N3O8P. The number of esters is 1. The molecule has 2 rings (SSSR count). The van der Waals surface area contributed by atoms with Gasteiger partial charge in [0.25, 0.3) is 0 Å². The van der Waals surface area contributed by atoms with Crippen LogP contribution in [0.5, 0.6) is 0 Å². The van der Waals surface area contributed by atoms with E-state index in [1.54, 1.807) is 34.6 Å². The Labute approximate surface area is 170 Å². The maximum atomic E-state index is 13.4. The fraction of sp³-hybridized carbons (Fsp3) is 0.941. The number of carbonyl (C=O) groups is 1. The third-order valence-corrected chi connectivity index (χ3v) is 7.09. The van der Waals surface area contributed by atoms with E-state index in [0.29, 0.717) is 0 Å². The van der Waals surface area contributed by atoms with E-state index in [9.17, 15) is 9.36 Å². The second-order valence-corrected chi connectivity index (χ2v) is 9.47. The van der Waals surface area contributed by atoms with Gasteiger partial charge >= 0.3 is 13.6 Å². The van der Waals surface area contributed by atoms with Crippen molar-refractivity contribution in [1.82, 2.24) is 0 Å². The Bertz CT molecular complexity index is 659. The van der Waals surface area contributed by atoms with Crippen molar-refractivity contribution in [3.05, 3.63) is 10.4 Å². The second-order valence-electron chi connectivity index (χ2n) is 7.14. The van der Waals surface area contributed by atoms with Gasteiger partial charge in [0.15, 0.2) is 12.1 Å². The lowest BCUT2D eigenvalue weighted by atomic mass is 10.0. The summed E-state index contributed by atoms with van der Waals surface area (Å²) in [5.41, 5.74) is 8.20. The number of rotatable bonds is 11. The highest BCUT2D eigenvalue weighted by Crippen LogP contribution is 2.55. The van der Waals surface area contributed by atoms with E-state index >= 15 is 0 Å². The fourth-order valence-corrected chi connectivity index (χ4v) is 5.35. The van der Waals surface area contributed by atoms with Crippen molar-refractivity contribution in [2.75, 3.05) is 19.8 Å². The van der Waals surface area contributed by atoms with Crippen molar-refractivity contribution in [2.24, 2.45) is 5.11 Å². The summed E-state index contributed by atoms with van der Waals surface area (Å²) in [6, 6.07) is -0.701. The van der Waals surface area contributed by atoms with Crippen LogP contribution >= 0.6 is 7.60 Å². The Morgan fingerprint density at radius 2 is 1.90 bits per heavy atom. The molecule has 0 spiro atoms. The van der Waals surface area contributed by atoms with Gasteiger partial charge in [-0.15, -0.1) is 0 Å². The van der Waals surface area contributed by atoms with Gasteiger partial charge in [-0.3, -0.25) is 9.36 Å². The molecule has 0 aromatic rings. The minimum absolute atomic E-state index is 0.109. The van der Waals surface area contributed by atoms with Crippen molar-refractivity contribution in [2.45, 2.75) is 83.4 Å². The Hall–Kier alpha value is -1.19. The number of hydrogen-bond donors (Lipinski definition) is 0. The molecule has 0 radical (unpaired) electrons. The zero-order chi connectivity index (χ0) is 21.7. The quantitative estimate of drug-likeness (QED) is 0.158. The van der Waals surface area contributed by atoms with Gasteiger partial charge in [0.05, 0.1) is 31.0 Å². The first-order valence-electron chi connectivity index (χ1n) is 9.79. The smallest absolute Gasteiger partial charge is 0.337 e. The van der Waals surface area contributed by atoms with Gasteiger partial charge in [0.1, 0.15) is 12.7 Å².